The topological polar surface area (TPSA) is 101 Å². The first-order chi connectivity index (χ1) is 21.4. The van der Waals surface area contributed by atoms with E-state index in [9.17, 15) is 14.4 Å². The van der Waals surface area contributed by atoms with Crippen LogP contribution in [0.4, 0.5) is 0 Å². The summed E-state index contributed by atoms with van der Waals surface area (Å²) in [6.07, 6.45) is 22.0. The van der Waals surface area contributed by atoms with E-state index in [-0.39, 0.29) is 44.6 Å². The Labute approximate surface area is 268 Å². The Hall–Kier alpha value is -2.23. The minimum Gasteiger partial charge on any atom is -0.465 e. The van der Waals surface area contributed by atoms with Gasteiger partial charge in [-0.05, 0) is 51.6 Å². The van der Waals surface area contributed by atoms with Gasteiger partial charge < -0.3 is 28.6 Å². The van der Waals surface area contributed by atoms with Crippen LogP contribution in [0.25, 0.3) is 0 Å². The summed E-state index contributed by atoms with van der Waals surface area (Å²) in [5.74, 6) is -1.47. The van der Waals surface area contributed by atoms with Crippen LogP contribution >= 0.6 is 0 Å². The average Bonchev–Trinajstić information content (AvgIpc) is 3.03. The predicted octanol–water partition coefficient (Wildman–Crippen LogP) is 7.18. The van der Waals surface area contributed by atoms with Gasteiger partial charge in [0.05, 0.1) is 18.8 Å². The smallest absolute Gasteiger partial charge is 0.307 e. The van der Waals surface area contributed by atoms with Crippen LogP contribution < -0.4 is 0 Å². The SMILES string of the molecule is CCCCC/C=C\C/C=C\CCCCCCCC(=O)OCC(COC(=O)CCC(OC)OC)COC(=O)CCN(CC)CC. The highest BCUT2D eigenvalue weighted by atomic mass is 16.7. The van der Waals surface area contributed by atoms with Gasteiger partial charge in [-0.15, -0.1) is 0 Å². The molecule has 0 rings (SSSR count). The Bertz CT molecular complexity index is 730. The van der Waals surface area contributed by atoms with E-state index < -0.39 is 18.2 Å². The van der Waals surface area contributed by atoms with Crippen molar-refractivity contribution in [1.29, 1.82) is 0 Å². The first-order valence-electron chi connectivity index (χ1n) is 16.9. The van der Waals surface area contributed by atoms with E-state index in [0.29, 0.717) is 19.4 Å². The van der Waals surface area contributed by atoms with Crippen molar-refractivity contribution in [2.45, 2.75) is 123 Å². The number of hydrogen-bond donors (Lipinski definition) is 0. The number of ether oxygens (including phenoxy) is 5. The third-order valence-corrected chi connectivity index (χ3v) is 7.41. The molecular weight excluding hydrogens is 562 g/mol. The van der Waals surface area contributed by atoms with Crippen molar-refractivity contribution < 1.29 is 38.1 Å². The number of hydrogen-bond acceptors (Lipinski definition) is 9. The van der Waals surface area contributed by atoms with E-state index in [2.05, 4.69) is 36.1 Å². The Morgan fingerprint density at radius 3 is 1.66 bits per heavy atom. The second kappa shape index (κ2) is 30.8. The van der Waals surface area contributed by atoms with Gasteiger partial charge in [-0.25, -0.2) is 0 Å². The number of allylic oxidation sites excluding steroid dienone is 4. The van der Waals surface area contributed by atoms with Crippen LogP contribution in [0.5, 0.6) is 0 Å². The average molecular weight is 626 g/mol. The summed E-state index contributed by atoms with van der Waals surface area (Å²) in [7, 11) is 3.02. The maximum atomic E-state index is 12.4. The lowest BCUT2D eigenvalue weighted by Crippen LogP contribution is -2.29. The van der Waals surface area contributed by atoms with Crippen LogP contribution in [0.3, 0.4) is 0 Å². The van der Waals surface area contributed by atoms with Gasteiger partial charge in [-0.2, -0.15) is 0 Å². The molecule has 0 aliphatic carbocycles. The van der Waals surface area contributed by atoms with Gasteiger partial charge in [0.2, 0.25) is 0 Å². The van der Waals surface area contributed by atoms with Gasteiger partial charge in [0.25, 0.3) is 0 Å². The van der Waals surface area contributed by atoms with E-state index >= 15 is 0 Å². The highest BCUT2D eigenvalue weighted by molar-refractivity contribution is 5.70. The Morgan fingerprint density at radius 1 is 0.614 bits per heavy atom. The number of carbonyl (C=O) groups excluding carboxylic acids is 3. The molecule has 0 aromatic rings. The van der Waals surface area contributed by atoms with Crippen molar-refractivity contribution in [2.75, 3.05) is 53.7 Å². The molecule has 9 nitrogen and oxygen atoms in total. The second-order valence-corrected chi connectivity index (χ2v) is 11.1. The fraction of sp³-hybridized carbons (Fsp3) is 0.800. The summed E-state index contributed by atoms with van der Waals surface area (Å²) in [6.45, 7) is 8.69. The van der Waals surface area contributed by atoms with Gasteiger partial charge in [0, 0.05) is 33.6 Å². The van der Waals surface area contributed by atoms with Gasteiger partial charge >= 0.3 is 17.9 Å². The van der Waals surface area contributed by atoms with Gasteiger partial charge in [-0.1, -0.05) is 77.2 Å². The predicted molar refractivity (Wildman–Crippen MR) is 175 cm³/mol. The van der Waals surface area contributed by atoms with E-state index in [1.165, 1.54) is 39.9 Å². The zero-order chi connectivity index (χ0) is 32.7. The van der Waals surface area contributed by atoms with E-state index in [1.807, 2.05) is 13.8 Å². The number of nitrogens with zero attached hydrogens (tertiary/aromatic N) is 1. The maximum Gasteiger partial charge on any atom is 0.307 e. The fourth-order valence-corrected chi connectivity index (χ4v) is 4.43. The summed E-state index contributed by atoms with van der Waals surface area (Å²) >= 11 is 0. The maximum absolute atomic E-state index is 12.4. The molecule has 0 saturated heterocycles. The number of unbranched alkanes of at least 4 members (excludes halogenated alkanes) is 8. The van der Waals surface area contributed by atoms with Crippen molar-refractivity contribution in [3.05, 3.63) is 24.3 Å². The molecule has 0 saturated carbocycles. The van der Waals surface area contributed by atoms with Crippen molar-refractivity contribution >= 4 is 17.9 Å². The highest BCUT2D eigenvalue weighted by Gasteiger charge is 2.19. The molecule has 0 aliphatic rings. The molecule has 0 heterocycles. The molecule has 256 valence electrons. The number of esters is 3. The first-order valence-corrected chi connectivity index (χ1v) is 16.9. The minimum atomic E-state index is -0.486. The molecule has 0 amide bonds. The molecule has 9 heteroatoms. The first kappa shape index (κ1) is 41.8. The summed E-state index contributed by atoms with van der Waals surface area (Å²) in [5, 5.41) is 0. The molecular formula is C35H63NO8. The van der Waals surface area contributed by atoms with E-state index in [4.69, 9.17) is 23.7 Å². The molecule has 0 aliphatic heterocycles. The van der Waals surface area contributed by atoms with Crippen LogP contribution in [0.1, 0.15) is 117 Å². The second-order valence-electron chi connectivity index (χ2n) is 11.1. The Kier molecular flexibility index (Phi) is 29.2. The third-order valence-electron chi connectivity index (χ3n) is 7.41. The van der Waals surface area contributed by atoms with Gasteiger partial charge in [0.15, 0.2) is 6.29 Å². The lowest BCUT2D eigenvalue weighted by molar-refractivity contribution is -0.155. The van der Waals surface area contributed by atoms with Crippen LogP contribution in [0, 0.1) is 5.92 Å². The number of carbonyl (C=O) groups is 3. The molecule has 0 fully saturated rings. The molecule has 1 atom stereocenters. The molecule has 0 aromatic carbocycles. The summed E-state index contributed by atoms with van der Waals surface area (Å²) in [4.78, 5) is 39.0. The highest BCUT2D eigenvalue weighted by Crippen LogP contribution is 2.11. The quantitative estimate of drug-likeness (QED) is 0.0270. The standard InChI is InChI=1S/C35H63NO8/c1-6-9-10-11-12-13-14-15-16-17-18-19-20-21-22-23-32(37)42-28-31(29-43-33(38)24-25-35(40-4)41-5)30-44-34(39)26-27-36(7-2)8-3/h12-13,15-16,31,35H,6-11,14,17-30H2,1-5H3/b13-12-,16-15-. The third kappa shape index (κ3) is 26.2. The number of methoxy groups -OCH3 is 2. The molecule has 44 heavy (non-hydrogen) atoms. The zero-order valence-electron chi connectivity index (χ0n) is 28.5. The van der Waals surface area contributed by atoms with Crippen LogP contribution in [0.2, 0.25) is 0 Å². The molecule has 0 radical (unpaired) electrons. The Balaban J connectivity index is 4.33. The molecule has 0 spiro atoms. The summed E-state index contributed by atoms with van der Waals surface area (Å²) < 4.78 is 26.5. The van der Waals surface area contributed by atoms with Crippen molar-refractivity contribution in [3.8, 4) is 0 Å². The van der Waals surface area contributed by atoms with Gasteiger partial charge in [0.1, 0.15) is 19.8 Å². The normalized spacial score (nSPS) is 12.4. The molecule has 0 aromatic heterocycles. The van der Waals surface area contributed by atoms with Crippen LogP contribution in [-0.4, -0.2) is 82.8 Å². The summed E-state index contributed by atoms with van der Waals surface area (Å²) in [6, 6.07) is 0. The van der Waals surface area contributed by atoms with Crippen molar-refractivity contribution in [2.24, 2.45) is 5.92 Å². The van der Waals surface area contributed by atoms with Crippen molar-refractivity contribution in [1.82, 2.24) is 4.90 Å². The molecule has 0 bridgehead atoms. The monoisotopic (exact) mass is 625 g/mol. The molecule has 0 N–H and O–H groups in total. The lowest BCUT2D eigenvalue weighted by Gasteiger charge is -2.19. The zero-order valence-corrected chi connectivity index (χ0v) is 28.5. The fourth-order valence-electron chi connectivity index (χ4n) is 4.43. The summed E-state index contributed by atoms with van der Waals surface area (Å²) in [5.41, 5.74) is 0. The van der Waals surface area contributed by atoms with E-state index in [0.717, 1.165) is 58.0 Å². The molecule has 1 unspecified atom stereocenters. The van der Waals surface area contributed by atoms with Crippen LogP contribution in [0.15, 0.2) is 24.3 Å². The lowest BCUT2D eigenvalue weighted by atomic mass is 10.1. The largest absolute Gasteiger partial charge is 0.465 e. The van der Waals surface area contributed by atoms with Crippen molar-refractivity contribution in [3.63, 3.8) is 0 Å². The minimum absolute atomic E-state index is 0.0102. The number of rotatable bonds is 30. The van der Waals surface area contributed by atoms with Gasteiger partial charge in [-0.3, -0.25) is 14.4 Å². The Morgan fingerprint density at radius 2 is 1.11 bits per heavy atom. The van der Waals surface area contributed by atoms with E-state index in [1.54, 1.807) is 0 Å². The van der Waals surface area contributed by atoms with Crippen LogP contribution in [-0.2, 0) is 38.1 Å².